The molecule has 0 aliphatic heterocycles. The van der Waals surface area contributed by atoms with Crippen molar-refractivity contribution in [1.29, 1.82) is 0 Å². The zero-order valence-corrected chi connectivity index (χ0v) is 14.7. The molecule has 6 heteroatoms. The molecule has 2 rings (SSSR count). The molecule has 1 aliphatic rings. The number of hydrogen-bond acceptors (Lipinski definition) is 3. The minimum absolute atomic E-state index is 0.216. The van der Waals surface area contributed by atoms with Gasteiger partial charge in [-0.2, -0.15) is 0 Å². The smallest absolute Gasteiger partial charge is 0.412 e. The van der Waals surface area contributed by atoms with Gasteiger partial charge in [-0.3, -0.25) is 5.32 Å². The molecule has 0 spiro atoms. The molecule has 134 valence electrons. The van der Waals surface area contributed by atoms with E-state index in [0.29, 0.717) is 5.69 Å². The lowest BCUT2D eigenvalue weighted by Crippen LogP contribution is -2.43. The standard InChI is InChI=1S/C18H26F2N2O2/c1-12-5-6-13(17(21)7-9-18(19,20)10-8-17)11-14(12)22-15(23)24-16(2,3)4/h5-6,11H,7-10,21H2,1-4H3,(H,22,23). The monoisotopic (exact) mass is 340 g/mol. The number of hydrogen-bond donors (Lipinski definition) is 2. The minimum Gasteiger partial charge on any atom is -0.444 e. The fourth-order valence-corrected chi connectivity index (χ4v) is 2.83. The molecular formula is C18H26F2N2O2. The average Bonchev–Trinajstić information content (AvgIpc) is 2.43. The lowest BCUT2D eigenvalue weighted by molar-refractivity contribution is -0.0514. The number of halogens is 2. The van der Waals surface area contributed by atoms with Crippen LogP contribution in [-0.2, 0) is 10.3 Å². The Balaban J connectivity index is 2.18. The highest BCUT2D eigenvalue weighted by atomic mass is 19.3. The number of rotatable bonds is 2. The summed E-state index contributed by atoms with van der Waals surface area (Å²) in [5, 5.41) is 2.71. The van der Waals surface area contributed by atoms with Crippen molar-refractivity contribution in [2.24, 2.45) is 5.73 Å². The Morgan fingerprint density at radius 2 is 1.79 bits per heavy atom. The number of nitrogens with two attached hydrogens (primary N) is 1. The van der Waals surface area contributed by atoms with E-state index in [9.17, 15) is 13.6 Å². The van der Waals surface area contributed by atoms with E-state index >= 15 is 0 Å². The molecule has 1 amide bonds. The first kappa shape index (κ1) is 18.6. The van der Waals surface area contributed by atoms with Gasteiger partial charge in [-0.25, -0.2) is 13.6 Å². The second-order valence-corrected chi connectivity index (χ2v) is 7.67. The molecule has 1 aliphatic carbocycles. The van der Waals surface area contributed by atoms with Gasteiger partial charge in [-0.05, 0) is 57.7 Å². The van der Waals surface area contributed by atoms with Crippen LogP contribution in [0, 0.1) is 6.92 Å². The van der Waals surface area contributed by atoms with E-state index in [2.05, 4.69) is 5.32 Å². The highest BCUT2D eigenvalue weighted by Crippen LogP contribution is 2.42. The van der Waals surface area contributed by atoms with Crippen LogP contribution in [0.1, 0.15) is 57.6 Å². The molecule has 24 heavy (non-hydrogen) atoms. The second kappa shape index (κ2) is 6.31. The van der Waals surface area contributed by atoms with E-state index in [0.717, 1.165) is 11.1 Å². The predicted octanol–water partition coefficient (Wildman–Crippen LogP) is 4.71. The van der Waals surface area contributed by atoms with E-state index < -0.39 is 23.2 Å². The fraction of sp³-hybridized carbons (Fsp3) is 0.611. The van der Waals surface area contributed by atoms with Gasteiger partial charge in [0.15, 0.2) is 0 Å². The molecule has 0 bridgehead atoms. The van der Waals surface area contributed by atoms with Crippen LogP contribution in [0.25, 0.3) is 0 Å². The molecule has 1 fully saturated rings. The molecule has 4 nitrogen and oxygen atoms in total. The maximum absolute atomic E-state index is 13.4. The summed E-state index contributed by atoms with van der Waals surface area (Å²) in [6, 6.07) is 5.45. The Kier molecular flexibility index (Phi) is 4.91. The van der Waals surface area contributed by atoms with Crippen molar-refractivity contribution < 1.29 is 18.3 Å². The maximum atomic E-state index is 13.4. The van der Waals surface area contributed by atoms with Gasteiger partial charge in [0.1, 0.15) is 5.60 Å². The van der Waals surface area contributed by atoms with Gasteiger partial charge >= 0.3 is 6.09 Å². The van der Waals surface area contributed by atoms with Gasteiger partial charge < -0.3 is 10.5 Å². The summed E-state index contributed by atoms with van der Waals surface area (Å²) >= 11 is 0. The molecule has 0 aromatic heterocycles. The molecule has 0 saturated heterocycles. The summed E-state index contributed by atoms with van der Waals surface area (Å²) in [5.74, 6) is -2.63. The quantitative estimate of drug-likeness (QED) is 0.820. The topological polar surface area (TPSA) is 64.3 Å². The van der Waals surface area contributed by atoms with Crippen LogP contribution in [-0.4, -0.2) is 17.6 Å². The Labute approximate surface area is 141 Å². The van der Waals surface area contributed by atoms with Crippen molar-refractivity contribution in [3.63, 3.8) is 0 Å². The lowest BCUT2D eigenvalue weighted by atomic mass is 9.76. The summed E-state index contributed by atoms with van der Waals surface area (Å²) in [6.45, 7) is 7.21. The molecule has 1 saturated carbocycles. The number of aryl methyl sites for hydroxylation is 1. The number of anilines is 1. The zero-order valence-electron chi connectivity index (χ0n) is 14.7. The molecule has 1 aromatic carbocycles. The Morgan fingerprint density at radius 3 is 2.33 bits per heavy atom. The van der Waals surface area contributed by atoms with Crippen LogP contribution in [0.3, 0.4) is 0 Å². The number of carbonyl (C=O) groups excluding carboxylic acids is 1. The third-order valence-corrected chi connectivity index (χ3v) is 4.32. The summed E-state index contributed by atoms with van der Waals surface area (Å²) < 4.78 is 32.1. The van der Waals surface area contributed by atoms with Crippen molar-refractivity contribution in [2.45, 2.75) is 70.4 Å². The third-order valence-electron chi connectivity index (χ3n) is 4.32. The number of amides is 1. The van der Waals surface area contributed by atoms with Crippen LogP contribution in [0.4, 0.5) is 19.3 Å². The largest absolute Gasteiger partial charge is 0.444 e. The molecule has 0 atom stereocenters. The number of alkyl halides is 2. The second-order valence-electron chi connectivity index (χ2n) is 7.67. The lowest BCUT2D eigenvalue weighted by Gasteiger charge is -2.37. The van der Waals surface area contributed by atoms with Gasteiger partial charge in [-0.15, -0.1) is 0 Å². The first-order valence-electron chi connectivity index (χ1n) is 8.18. The van der Waals surface area contributed by atoms with Crippen molar-refractivity contribution in [1.82, 2.24) is 0 Å². The van der Waals surface area contributed by atoms with Crippen LogP contribution >= 0.6 is 0 Å². The highest BCUT2D eigenvalue weighted by Gasteiger charge is 2.42. The van der Waals surface area contributed by atoms with Crippen molar-refractivity contribution in [3.8, 4) is 0 Å². The summed E-state index contributed by atoms with van der Waals surface area (Å²) in [6.07, 6.45) is -0.550. The summed E-state index contributed by atoms with van der Waals surface area (Å²) in [5.41, 5.74) is 7.19. The normalized spacial score (nSPS) is 19.6. The van der Waals surface area contributed by atoms with Crippen LogP contribution < -0.4 is 11.1 Å². The zero-order chi connectivity index (χ0) is 18.2. The van der Waals surface area contributed by atoms with Gasteiger partial charge in [0.2, 0.25) is 5.92 Å². The average molecular weight is 340 g/mol. The number of nitrogens with one attached hydrogen (secondary N) is 1. The van der Waals surface area contributed by atoms with Crippen LogP contribution in [0.2, 0.25) is 0 Å². The molecule has 3 N–H and O–H groups in total. The molecule has 0 unspecified atom stereocenters. The summed E-state index contributed by atoms with van der Waals surface area (Å²) in [7, 11) is 0. The maximum Gasteiger partial charge on any atom is 0.412 e. The summed E-state index contributed by atoms with van der Waals surface area (Å²) in [4.78, 5) is 12.0. The predicted molar refractivity (Wildman–Crippen MR) is 90.3 cm³/mol. The number of benzene rings is 1. The molecule has 1 aromatic rings. The first-order valence-corrected chi connectivity index (χ1v) is 8.18. The third kappa shape index (κ3) is 4.66. The van der Waals surface area contributed by atoms with Gasteiger partial charge in [0.05, 0.1) is 0 Å². The van der Waals surface area contributed by atoms with E-state index in [1.54, 1.807) is 26.8 Å². The van der Waals surface area contributed by atoms with E-state index in [1.165, 1.54) is 0 Å². The number of carbonyl (C=O) groups is 1. The number of ether oxygens (including phenoxy) is 1. The Bertz CT molecular complexity index is 614. The van der Waals surface area contributed by atoms with Crippen LogP contribution in [0.15, 0.2) is 18.2 Å². The van der Waals surface area contributed by atoms with Crippen molar-refractivity contribution >= 4 is 11.8 Å². The van der Waals surface area contributed by atoms with E-state index in [1.807, 2.05) is 19.1 Å². The van der Waals surface area contributed by atoms with Gasteiger partial charge in [0.25, 0.3) is 0 Å². The van der Waals surface area contributed by atoms with Gasteiger partial charge in [0, 0.05) is 24.1 Å². The first-order chi connectivity index (χ1) is 10.9. The van der Waals surface area contributed by atoms with Crippen LogP contribution in [0.5, 0.6) is 0 Å². The van der Waals surface area contributed by atoms with Gasteiger partial charge in [-0.1, -0.05) is 12.1 Å². The molecule has 0 heterocycles. The highest BCUT2D eigenvalue weighted by molar-refractivity contribution is 5.86. The molecule has 0 radical (unpaired) electrons. The molecular weight excluding hydrogens is 314 g/mol. The van der Waals surface area contributed by atoms with Crippen molar-refractivity contribution in [3.05, 3.63) is 29.3 Å². The minimum atomic E-state index is -2.63. The Morgan fingerprint density at radius 1 is 1.21 bits per heavy atom. The van der Waals surface area contributed by atoms with Crippen molar-refractivity contribution in [2.75, 3.05) is 5.32 Å². The Hall–Kier alpha value is -1.69. The van der Waals surface area contributed by atoms with E-state index in [4.69, 9.17) is 10.5 Å². The van der Waals surface area contributed by atoms with E-state index in [-0.39, 0.29) is 25.7 Å². The SMILES string of the molecule is Cc1ccc(C2(N)CCC(F)(F)CC2)cc1NC(=O)OC(C)(C)C. The fourth-order valence-electron chi connectivity index (χ4n) is 2.83.